The fourth-order valence-corrected chi connectivity index (χ4v) is 4.14. The van der Waals surface area contributed by atoms with E-state index in [-0.39, 0.29) is 0 Å². The van der Waals surface area contributed by atoms with Crippen LogP contribution in [0, 0.1) is 6.92 Å². The van der Waals surface area contributed by atoms with Crippen molar-refractivity contribution >= 4 is 32.3 Å². The fourth-order valence-electron chi connectivity index (χ4n) is 4.14. The van der Waals surface area contributed by atoms with Crippen LogP contribution in [0.15, 0.2) is 85.1 Å². The van der Waals surface area contributed by atoms with Gasteiger partial charge in [0, 0.05) is 17.7 Å². The van der Waals surface area contributed by atoms with Gasteiger partial charge >= 0.3 is 0 Å². The van der Waals surface area contributed by atoms with E-state index in [4.69, 9.17) is 0 Å². The largest absolute Gasteiger partial charge is 0.212 e. The van der Waals surface area contributed by atoms with Crippen molar-refractivity contribution in [2.45, 2.75) is 6.92 Å². The third-order valence-electron chi connectivity index (χ3n) is 5.52. The van der Waals surface area contributed by atoms with Crippen LogP contribution in [0.2, 0.25) is 0 Å². The van der Waals surface area contributed by atoms with Crippen molar-refractivity contribution in [1.82, 2.24) is 0 Å². The molecule has 124 valence electrons. The molecule has 0 bridgehead atoms. The molecule has 26 heavy (non-hydrogen) atoms. The van der Waals surface area contributed by atoms with Crippen molar-refractivity contribution in [3.05, 3.63) is 90.6 Å². The highest BCUT2D eigenvalue weighted by Gasteiger charge is 2.14. The van der Waals surface area contributed by atoms with Gasteiger partial charge in [0.15, 0.2) is 6.20 Å². The number of pyridine rings is 1. The minimum atomic E-state index is 1.24. The van der Waals surface area contributed by atoms with Gasteiger partial charge in [-0.1, -0.05) is 54.6 Å². The highest BCUT2D eigenvalue weighted by Crippen LogP contribution is 2.35. The van der Waals surface area contributed by atoms with Gasteiger partial charge in [-0.25, -0.2) is 4.57 Å². The Hall–Kier alpha value is -3.19. The third kappa shape index (κ3) is 2.14. The summed E-state index contributed by atoms with van der Waals surface area (Å²) in [6, 6.07) is 28.6. The van der Waals surface area contributed by atoms with Crippen LogP contribution >= 0.6 is 0 Å². The SMILES string of the molecule is Cc1c(-c2cccc[n+]2C)ccc2c1ccc1c3ccccc3ccc21. The van der Waals surface area contributed by atoms with E-state index in [1.54, 1.807) is 0 Å². The van der Waals surface area contributed by atoms with E-state index in [0.29, 0.717) is 0 Å². The quantitative estimate of drug-likeness (QED) is 0.263. The van der Waals surface area contributed by atoms with Crippen LogP contribution in [0.4, 0.5) is 0 Å². The first-order valence-corrected chi connectivity index (χ1v) is 9.03. The average Bonchev–Trinajstić information content (AvgIpc) is 2.68. The molecule has 0 aliphatic rings. The lowest BCUT2D eigenvalue weighted by Crippen LogP contribution is -2.30. The summed E-state index contributed by atoms with van der Waals surface area (Å²) in [5, 5.41) is 7.93. The first-order chi connectivity index (χ1) is 12.7. The first-order valence-electron chi connectivity index (χ1n) is 9.03. The van der Waals surface area contributed by atoms with E-state index in [2.05, 4.69) is 104 Å². The summed E-state index contributed by atoms with van der Waals surface area (Å²) in [5.74, 6) is 0. The molecule has 0 radical (unpaired) electrons. The Labute approximate surface area is 153 Å². The summed E-state index contributed by atoms with van der Waals surface area (Å²) in [7, 11) is 2.10. The summed E-state index contributed by atoms with van der Waals surface area (Å²) in [4.78, 5) is 0. The van der Waals surface area contributed by atoms with Gasteiger partial charge in [-0.3, -0.25) is 0 Å². The Morgan fingerprint density at radius 2 is 1.23 bits per heavy atom. The normalized spacial score (nSPS) is 11.5. The third-order valence-corrected chi connectivity index (χ3v) is 5.52. The number of benzene rings is 4. The molecule has 0 spiro atoms. The molecule has 0 saturated carbocycles. The number of aryl methyl sites for hydroxylation is 2. The second-order valence-electron chi connectivity index (χ2n) is 6.98. The number of hydrogen-bond donors (Lipinski definition) is 0. The van der Waals surface area contributed by atoms with Gasteiger partial charge in [-0.2, -0.15) is 0 Å². The molecule has 1 nitrogen and oxygen atoms in total. The lowest BCUT2D eigenvalue weighted by atomic mass is 9.92. The zero-order chi connectivity index (χ0) is 17.7. The lowest BCUT2D eigenvalue weighted by molar-refractivity contribution is -0.660. The molecule has 0 atom stereocenters. The molecular formula is C25H20N+. The molecular weight excluding hydrogens is 314 g/mol. The van der Waals surface area contributed by atoms with Crippen LogP contribution in [-0.4, -0.2) is 0 Å². The van der Waals surface area contributed by atoms with Crippen molar-refractivity contribution in [2.75, 3.05) is 0 Å². The first kappa shape index (κ1) is 15.1. The van der Waals surface area contributed by atoms with Crippen LogP contribution in [0.3, 0.4) is 0 Å². The summed E-state index contributed by atoms with van der Waals surface area (Å²) in [6.07, 6.45) is 2.10. The second kappa shape index (κ2) is 5.67. The van der Waals surface area contributed by atoms with Gasteiger partial charge in [0.1, 0.15) is 7.05 Å². The van der Waals surface area contributed by atoms with E-state index >= 15 is 0 Å². The number of hydrogen-bond acceptors (Lipinski definition) is 0. The minimum absolute atomic E-state index is 1.24. The van der Waals surface area contributed by atoms with E-state index < -0.39 is 0 Å². The number of aromatic nitrogens is 1. The fraction of sp³-hybridized carbons (Fsp3) is 0.0800. The standard InChI is InChI=1S/C25H20N/c1-17-19-12-14-23-21-8-4-3-7-18(21)10-11-24(23)22(19)15-13-20(17)25-9-5-6-16-26(25)2/h3-16H,1-2H3/q+1. The van der Waals surface area contributed by atoms with E-state index in [9.17, 15) is 0 Å². The molecule has 5 aromatic rings. The Balaban J connectivity index is 1.86. The van der Waals surface area contributed by atoms with Crippen LogP contribution in [-0.2, 0) is 7.05 Å². The predicted octanol–water partition coefficient (Wildman–Crippen LogP) is 5.95. The molecule has 0 fully saturated rings. The van der Waals surface area contributed by atoms with Crippen molar-refractivity contribution in [1.29, 1.82) is 0 Å². The van der Waals surface area contributed by atoms with Crippen molar-refractivity contribution in [3.63, 3.8) is 0 Å². The van der Waals surface area contributed by atoms with Crippen molar-refractivity contribution < 1.29 is 4.57 Å². The highest BCUT2D eigenvalue weighted by atomic mass is 14.9. The van der Waals surface area contributed by atoms with Gasteiger partial charge in [0.2, 0.25) is 5.69 Å². The smallest absolute Gasteiger partial charge is 0.201 e. The molecule has 0 unspecified atom stereocenters. The zero-order valence-corrected chi connectivity index (χ0v) is 15.0. The molecule has 0 saturated heterocycles. The summed E-state index contributed by atoms with van der Waals surface area (Å²) in [5.41, 5.74) is 3.87. The molecule has 0 aliphatic carbocycles. The minimum Gasteiger partial charge on any atom is -0.201 e. The molecule has 0 N–H and O–H groups in total. The van der Waals surface area contributed by atoms with Gasteiger partial charge in [0.25, 0.3) is 0 Å². The van der Waals surface area contributed by atoms with Gasteiger partial charge in [0.05, 0.1) is 0 Å². The predicted molar refractivity (Wildman–Crippen MR) is 110 cm³/mol. The summed E-state index contributed by atoms with van der Waals surface area (Å²) < 4.78 is 2.18. The molecule has 1 heterocycles. The van der Waals surface area contributed by atoms with Gasteiger partial charge in [-0.15, -0.1) is 0 Å². The van der Waals surface area contributed by atoms with Gasteiger partial charge in [-0.05, 0) is 56.9 Å². The Bertz CT molecular complexity index is 1300. The second-order valence-corrected chi connectivity index (χ2v) is 6.98. The van der Waals surface area contributed by atoms with E-state index in [1.807, 2.05) is 0 Å². The highest BCUT2D eigenvalue weighted by molar-refractivity contribution is 6.18. The van der Waals surface area contributed by atoms with Crippen LogP contribution in [0.1, 0.15) is 5.56 Å². The molecule has 5 rings (SSSR count). The average molecular weight is 334 g/mol. The summed E-state index contributed by atoms with van der Waals surface area (Å²) >= 11 is 0. The number of nitrogens with zero attached hydrogens (tertiary/aromatic N) is 1. The molecule has 0 amide bonds. The maximum Gasteiger partial charge on any atom is 0.212 e. The maximum absolute atomic E-state index is 2.28. The van der Waals surface area contributed by atoms with Crippen molar-refractivity contribution in [3.8, 4) is 11.3 Å². The van der Waals surface area contributed by atoms with Crippen LogP contribution in [0.5, 0.6) is 0 Å². The summed E-state index contributed by atoms with van der Waals surface area (Å²) in [6.45, 7) is 2.23. The monoisotopic (exact) mass is 334 g/mol. The zero-order valence-electron chi connectivity index (χ0n) is 15.0. The van der Waals surface area contributed by atoms with E-state index in [0.717, 1.165) is 0 Å². The van der Waals surface area contributed by atoms with Crippen LogP contribution in [0.25, 0.3) is 43.6 Å². The Morgan fingerprint density at radius 3 is 2.12 bits per heavy atom. The molecule has 0 aliphatic heterocycles. The topological polar surface area (TPSA) is 3.88 Å². The lowest BCUT2D eigenvalue weighted by Gasteiger charge is -2.12. The Morgan fingerprint density at radius 1 is 0.577 bits per heavy atom. The molecule has 1 heteroatoms. The maximum atomic E-state index is 2.28. The van der Waals surface area contributed by atoms with Crippen LogP contribution < -0.4 is 4.57 Å². The molecule has 4 aromatic carbocycles. The molecule has 1 aromatic heterocycles. The van der Waals surface area contributed by atoms with Crippen molar-refractivity contribution in [2.24, 2.45) is 7.05 Å². The number of rotatable bonds is 1. The number of fused-ring (bicyclic) bond motifs is 5. The Kier molecular flexibility index (Phi) is 3.29. The van der Waals surface area contributed by atoms with E-state index in [1.165, 1.54) is 49.1 Å². The van der Waals surface area contributed by atoms with Gasteiger partial charge < -0.3 is 0 Å².